The number of nitrogens with one attached hydrogen (secondary N) is 3. The molecule has 0 aliphatic heterocycles. The van der Waals surface area contributed by atoms with Crippen molar-refractivity contribution in [2.24, 2.45) is 0 Å². The van der Waals surface area contributed by atoms with Gasteiger partial charge in [0.2, 0.25) is 5.91 Å². The van der Waals surface area contributed by atoms with Crippen LogP contribution in [0.2, 0.25) is 0 Å². The van der Waals surface area contributed by atoms with E-state index in [9.17, 15) is 9.59 Å². The molecule has 0 saturated heterocycles. The zero-order chi connectivity index (χ0) is 15.2. The number of carbonyl (C=O) groups excluding carboxylic acids is 2. The second kappa shape index (κ2) is 7.17. The van der Waals surface area contributed by atoms with Crippen LogP contribution in [0, 0.1) is 0 Å². The van der Waals surface area contributed by atoms with Gasteiger partial charge in [0.1, 0.15) is 5.60 Å². The maximum atomic E-state index is 11.7. The summed E-state index contributed by atoms with van der Waals surface area (Å²) in [6.45, 7) is 9.02. The highest BCUT2D eigenvalue weighted by molar-refractivity contribution is 5.78. The molecule has 2 amide bonds. The molecule has 1 fully saturated rings. The lowest BCUT2D eigenvalue weighted by molar-refractivity contribution is -0.121. The Balaban J connectivity index is 2.19. The molecule has 0 aromatic carbocycles. The van der Waals surface area contributed by atoms with E-state index in [1.54, 1.807) is 20.8 Å². The highest BCUT2D eigenvalue weighted by Crippen LogP contribution is 2.17. The molecule has 0 radical (unpaired) electrons. The van der Waals surface area contributed by atoms with Crippen LogP contribution < -0.4 is 16.2 Å². The van der Waals surface area contributed by atoms with Gasteiger partial charge < -0.3 is 15.5 Å². The average molecular weight is 283 g/mol. The molecule has 114 valence electrons. The highest BCUT2D eigenvalue weighted by Gasteiger charge is 2.18. The smallest absolute Gasteiger partial charge is 0.426 e. The summed E-state index contributed by atoms with van der Waals surface area (Å²) in [5, 5.41) is 2.95. The van der Waals surface area contributed by atoms with Crippen LogP contribution in [0.1, 0.15) is 52.9 Å². The molecular formula is C14H25N3O3. The van der Waals surface area contributed by atoms with Crippen LogP contribution in [0.3, 0.4) is 0 Å². The lowest BCUT2D eigenvalue weighted by atomic mass is 10.2. The molecule has 0 aromatic heterocycles. The molecule has 1 rings (SSSR count). The summed E-state index contributed by atoms with van der Waals surface area (Å²) in [5.41, 5.74) is 4.79. The molecule has 6 nitrogen and oxygen atoms in total. The predicted molar refractivity (Wildman–Crippen MR) is 76.7 cm³/mol. The molecule has 1 aliphatic carbocycles. The van der Waals surface area contributed by atoms with Crippen LogP contribution in [0.15, 0.2) is 12.3 Å². The number of ether oxygens (including phenoxy) is 1. The zero-order valence-corrected chi connectivity index (χ0v) is 12.5. The number of hydrogen-bond donors (Lipinski definition) is 3. The number of rotatable bonds is 5. The Morgan fingerprint density at radius 3 is 2.35 bits per heavy atom. The minimum absolute atomic E-state index is 0.0830. The van der Waals surface area contributed by atoms with Crippen LogP contribution in [0.4, 0.5) is 4.79 Å². The van der Waals surface area contributed by atoms with E-state index >= 15 is 0 Å². The number of carbonyl (C=O) groups is 2. The van der Waals surface area contributed by atoms with Gasteiger partial charge >= 0.3 is 6.09 Å². The molecule has 0 aromatic rings. The van der Waals surface area contributed by atoms with Crippen molar-refractivity contribution in [1.82, 2.24) is 16.2 Å². The summed E-state index contributed by atoms with van der Waals surface area (Å²) in [7, 11) is 0. The van der Waals surface area contributed by atoms with Gasteiger partial charge in [-0.1, -0.05) is 19.4 Å². The van der Waals surface area contributed by atoms with Crippen molar-refractivity contribution in [3.63, 3.8) is 0 Å². The van der Waals surface area contributed by atoms with Crippen molar-refractivity contribution in [3.05, 3.63) is 12.3 Å². The Labute approximate surface area is 120 Å². The third-order valence-electron chi connectivity index (χ3n) is 2.83. The first-order valence-electron chi connectivity index (χ1n) is 6.98. The molecule has 1 saturated carbocycles. The molecular weight excluding hydrogens is 258 g/mol. The van der Waals surface area contributed by atoms with Crippen molar-refractivity contribution in [1.29, 1.82) is 0 Å². The normalized spacial score (nSPS) is 15.6. The van der Waals surface area contributed by atoms with E-state index in [0.29, 0.717) is 5.70 Å². The van der Waals surface area contributed by atoms with Crippen LogP contribution in [-0.2, 0) is 9.53 Å². The van der Waals surface area contributed by atoms with Gasteiger partial charge in [0, 0.05) is 11.7 Å². The summed E-state index contributed by atoms with van der Waals surface area (Å²) in [4.78, 5) is 23.1. The second-order valence-corrected chi connectivity index (χ2v) is 6.08. The average Bonchev–Trinajstić information content (AvgIpc) is 2.76. The van der Waals surface area contributed by atoms with Crippen molar-refractivity contribution >= 4 is 12.0 Å². The summed E-state index contributed by atoms with van der Waals surface area (Å²) in [6.07, 6.45) is 3.96. The van der Waals surface area contributed by atoms with Crippen LogP contribution in [0.5, 0.6) is 0 Å². The Morgan fingerprint density at radius 1 is 1.20 bits per heavy atom. The first-order valence-corrected chi connectivity index (χ1v) is 6.98. The summed E-state index contributed by atoms with van der Waals surface area (Å²) in [6, 6.07) is 0.286. The minimum Gasteiger partial charge on any atom is -0.443 e. The Kier molecular flexibility index (Phi) is 5.85. The quantitative estimate of drug-likeness (QED) is 0.674. The van der Waals surface area contributed by atoms with Gasteiger partial charge in [-0.3, -0.25) is 4.79 Å². The van der Waals surface area contributed by atoms with Crippen molar-refractivity contribution < 1.29 is 14.3 Å². The summed E-state index contributed by atoms with van der Waals surface area (Å²) < 4.78 is 5.05. The first kappa shape index (κ1) is 16.3. The van der Waals surface area contributed by atoms with E-state index in [0.717, 1.165) is 12.8 Å². The summed E-state index contributed by atoms with van der Waals surface area (Å²) >= 11 is 0. The van der Waals surface area contributed by atoms with Crippen molar-refractivity contribution in [2.45, 2.75) is 64.5 Å². The van der Waals surface area contributed by atoms with E-state index in [-0.39, 0.29) is 18.4 Å². The number of hydrazine groups is 1. The van der Waals surface area contributed by atoms with E-state index in [1.165, 1.54) is 12.8 Å². The largest absolute Gasteiger partial charge is 0.443 e. The highest BCUT2D eigenvalue weighted by atomic mass is 16.6. The lowest BCUT2D eigenvalue weighted by Gasteiger charge is -2.20. The standard InChI is InChI=1S/C14H25N3O3/c1-10(16-17-13(19)20-14(2,3)4)9-12(18)15-11-7-5-6-8-11/h11,16H,1,5-9H2,2-4H3,(H,15,18)(H,17,19). The Hall–Kier alpha value is -1.72. The molecule has 1 aliphatic rings. The second-order valence-electron chi connectivity index (χ2n) is 6.08. The SMILES string of the molecule is C=C(CC(=O)NC1CCCC1)NNC(=O)OC(C)(C)C. The number of amides is 2. The fraction of sp³-hybridized carbons (Fsp3) is 0.714. The molecule has 6 heteroatoms. The van der Waals surface area contributed by atoms with E-state index < -0.39 is 11.7 Å². The third kappa shape index (κ3) is 7.01. The van der Waals surface area contributed by atoms with Gasteiger partial charge in [-0.05, 0) is 33.6 Å². The molecule has 0 bridgehead atoms. The van der Waals surface area contributed by atoms with Gasteiger partial charge in [-0.2, -0.15) is 0 Å². The topological polar surface area (TPSA) is 79.5 Å². The van der Waals surface area contributed by atoms with Crippen LogP contribution in [-0.4, -0.2) is 23.6 Å². The fourth-order valence-electron chi connectivity index (χ4n) is 2.03. The molecule has 0 spiro atoms. The molecule has 0 unspecified atom stereocenters. The fourth-order valence-corrected chi connectivity index (χ4v) is 2.03. The van der Waals surface area contributed by atoms with Crippen molar-refractivity contribution in [2.75, 3.05) is 0 Å². The van der Waals surface area contributed by atoms with Gasteiger partial charge in [-0.15, -0.1) is 0 Å². The maximum absolute atomic E-state index is 11.7. The third-order valence-corrected chi connectivity index (χ3v) is 2.83. The lowest BCUT2D eigenvalue weighted by Crippen LogP contribution is -2.42. The van der Waals surface area contributed by atoms with Crippen LogP contribution in [0.25, 0.3) is 0 Å². The summed E-state index contributed by atoms with van der Waals surface area (Å²) in [5.74, 6) is -0.0830. The minimum atomic E-state index is -0.602. The van der Waals surface area contributed by atoms with Gasteiger partial charge in [0.15, 0.2) is 0 Å². The first-order chi connectivity index (χ1) is 9.26. The van der Waals surface area contributed by atoms with Crippen molar-refractivity contribution in [3.8, 4) is 0 Å². The Bertz CT molecular complexity index is 368. The molecule has 20 heavy (non-hydrogen) atoms. The monoisotopic (exact) mass is 283 g/mol. The predicted octanol–water partition coefficient (Wildman–Crippen LogP) is 1.98. The zero-order valence-electron chi connectivity index (χ0n) is 12.5. The Morgan fingerprint density at radius 2 is 1.80 bits per heavy atom. The van der Waals surface area contributed by atoms with Gasteiger partial charge in [0.25, 0.3) is 0 Å². The molecule has 0 atom stereocenters. The number of hydrogen-bond acceptors (Lipinski definition) is 4. The van der Waals surface area contributed by atoms with Crippen LogP contribution >= 0.6 is 0 Å². The van der Waals surface area contributed by atoms with E-state index in [4.69, 9.17) is 4.74 Å². The molecule has 0 heterocycles. The molecule has 3 N–H and O–H groups in total. The van der Waals surface area contributed by atoms with Gasteiger partial charge in [0.05, 0.1) is 6.42 Å². The maximum Gasteiger partial charge on any atom is 0.426 e. The van der Waals surface area contributed by atoms with Gasteiger partial charge in [-0.25, -0.2) is 10.2 Å². The van der Waals surface area contributed by atoms with E-state index in [1.807, 2.05) is 0 Å². The van der Waals surface area contributed by atoms with E-state index in [2.05, 4.69) is 22.7 Å².